The summed E-state index contributed by atoms with van der Waals surface area (Å²) in [5.74, 6) is 0.112. The number of aryl methyl sites for hydroxylation is 2. The van der Waals surface area contributed by atoms with Crippen molar-refractivity contribution in [2.75, 3.05) is 17.7 Å². The number of halogens is 1. The van der Waals surface area contributed by atoms with Gasteiger partial charge in [-0.3, -0.25) is 4.98 Å². The van der Waals surface area contributed by atoms with E-state index in [4.69, 9.17) is 23.9 Å². The van der Waals surface area contributed by atoms with Gasteiger partial charge in [-0.1, -0.05) is 11.6 Å². The normalized spacial score (nSPS) is 11.7. The smallest absolute Gasteiger partial charge is 0.190 e. The maximum atomic E-state index is 11.5. The van der Waals surface area contributed by atoms with Crippen LogP contribution in [0.2, 0.25) is 5.02 Å². The number of pyridine rings is 1. The zero-order valence-corrected chi connectivity index (χ0v) is 17.5. The van der Waals surface area contributed by atoms with Crippen LogP contribution in [0.25, 0.3) is 26.9 Å². The number of aromatic nitrogens is 2. The molecule has 1 aromatic carbocycles. The summed E-state index contributed by atoms with van der Waals surface area (Å²) in [6.45, 7) is 11.8. The molecule has 8 heteroatoms. The van der Waals surface area contributed by atoms with Crippen LogP contribution in [0.1, 0.15) is 17.7 Å². The molecule has 0 saturated carbocycles. The first-order chi connectivity index (χ1) is 13.1. The molecule has 28 heavy (non-hydrogen) atoms. The molecular formula is C20H21ClN4O2S. The van der Waals surface area contributed by atoms with Gasteiger partial charge in [-0.2, -0.15) is 0 Å². The SMILES string of the molecule is [C-]#[N+]c1cc2c(-c3cncc(N)c3Cl)c(C)n(CCCS(C)(=O)=O)c2cc1C. The van der Waals surface area contributed by atoms with E-state index in [1.165, 1.54) is 12.5 Å². The van der Waals surface area contributed by atoms with E-state index in [1.807, 2.05) is 26.0 Å². The summed E-state index contributed by atoms with van der Waals surface area (Å²) < 4.78 is 25.1. The second-order valence-corrected chi connectivity index (χ2v) is 9.59. The quantitative estimate of drug-likeness (QED) is 0.619. The highest BCUT2D eigenvalue weighted by molar-refractivity contribution is 7.90. The number of hydrogen-bond acceptors (Lipinski definition) is 4. The van der Waals surface area contributed by atoms with E-state index in [9.17, 15) is 8.42 Å². The Balaban J connectivity index is 2.27. The van der Waals surface area contributed by atoms with Crippen LogP contribution in [-0.2, 0) is 16.4 Å². The van der Waals surface area contributed by atoms with Gasteiger partial charge >= 0.3 is 0 Å². The van der Waals surface area contributed by atoms with Crippen molar-refractivity contribution >= 4 is 43.7 Å². The Labute approximate surface area is 169 Å². The van der Waals surface area contributed by atoms with Gasteiger partial charge in [0, 0.05) is 41.3 Å². The third-order valence-electron chi connectivity index (χ3n) is 4.83. The molecule has 0 saturated heterocycles. The Morgan fingerprint density at radius 2 is 2.00 bits per heavy atom. The standard InChI is InChI=1S/C20H21ClN4O2S/c1-12-8-18-14(9-17(12)23-3)19(15-10-24-11-16(22)20(15)21)13(2)25(18)6-5-7-28(4,26)27/h8-11H,5-7,22H2,1-2,4H3. The molecule has 0 aliphatic rings. The number of rotatable bonds is 5. The maximum Gasteiger partial charge on any atom is 0.190 e. The third-order valence-corrected chi connectivity index (χ3v) is 6.29. The van der Waals surface area contributed by atoms with Gasteiger partial charge in [-0.05, 0) is 43.4 Å². The van der Waals surface area contributed by atoms with Gasteiger partial charge in [0.1, 0.15) is 9.84 Å². The van der Waals surface area contributed by atoms with E-state index in [-0.39, 0.29) is 5.75 Å². The van der Waals surface area contributed by atoms with Crippen LogP contribution in [0, 0.1) is 20.4 Å². The molecule has 0 amide bonds. The highest BCUT2D eigenvalue weighted by Gasteiger charge is 2.20. The van der Waals surface area contributed by atoms with Crippen molar-refractivity contribution in [3.63, 3.8) is 0 Å². The second kappa shape index (κ2) is 7.46. The molecule has 0 spiro atoms. The average molecular weight is 417 g/mol. The van der Waals surface area contributed by atoms with Crippen molar-refractivity contribution in [1.29, 1.82) is 0 Å². The molecular weight excluding hydrogens is 396 g/mol. The van der Waals surface area contributed by atoms with E-state index in [0.717, 1.165) is 27.7 Å². The third kappa shape index (κ3) is 3.71. The molecule has 146 valence electrons. The number of fused-ring (bicyclic) bond motifs is 1. The van der Waals surface area contributed by atoms with Crippen LogP contribution in [0.15, 0.2) is 24.5 Å². The van der Waals surface area contributed by atoms with Crippen LogP contribution >= 0.6 is 11.6 Å². The van der Waals surface area contributed by atoms with Crippen molar-refractivity contribution in [3.8, 4) is 11.1 Å². The van der Waals surface area contributed by atoms with Gasteiger partial charge in [0.15, 0.2) is 5.69 Å². The lowest BCUT2D eigenvalue weighted by Gasteiger charge is -2.10. The van der Waals surface area contributed by atoms with Gasteiger partial charge in [0.2, 0.25) is 0 Å². The Kier molecular flexibility index (Phi) is 5.37. The molecule has 2 N–H and O–H groups in total. The molecule has 6 nitrogen and oxygen atoms in total. The zero-order chi connectivity index (χ0) is 20.6. The predicted octanol–water partition coefficient (Wildman–Crippen LogP) is 4.54. The highest BCUT2D eigenvalue weighted by Crippen LogP contribution is 2.41. The Bertz CT molecular complexity index is 1220. The van der Waals surface area contributed by atoms with E-state index < -0.39 is 9.84 Å². The summed E-state index contributed by atoms with van der Waals surface area (Å²) in [6, 6.07) is 3.82. The number of nitrogens with two attached hydrogens (primary N) is 1. The van der Waals surface area contributed by atoms with E-state index in [2.05, 4.69) is 14.4 Å². The summed E-state index contributed by atoms with van der Waals surface area (Å²) in [5.41, 5.74) is 11.2. The molecule has 0 fully saturated rings. The topological polar surface area (TPSA) is 82.3 Å². The maximum absolute atomic E-state index is 11.5. The molecule has 2 heterocycles. The minimum atomic E-state index is -3.04. The summed E-state index contributed by atoms with van der Waals surface area (Å²) in [4.78, 5) is 7.79. The fourth-order valence-corrected chi connectivity index (χ4v) is 4.33. The van der Waals surface area contributed by atoms with E-state index in [1.54, 1.807) is 6.20 Å². The summed E-state index contributed by atoms with van der Waals surface area (Å²) in [5, 5.41) is 1.29. The van der Waals surface area contributed by atoms with Crippen molar-refractivity contribution < 1.29 is 8.42 Å². The largest absolute Gasteiger partial charge is 0.396 e. The number of benzene rings is 1. The van der Waals surface area contributed by atoms with Crippen LogP contribution < -0.4 is 5.73 Å². The zero-order valence-electron chi connectivity index (χ0n) is 16.0. The van der Waals surface area contributed by atoms with Crippen LogP contribution in [0.5, 0.6) is 0 Å². The lowest BCUT2D eigenvalue weighted by molar-refractivity contribution is 0.592. The predicted molar refractivity (Wildman–Crippen MR) is 115 cm³/mol. The molecule has 2 aromatic heterocycles. The van der Waals surface area contributed by atoms with Crippen LogP contribution in [0.3, 0.4) is 0 Å². The van der Waals surface area contributed by atoms with E-state index >= 15 is 0 Å². The van der Waals surface area contributed by atoms with Gasteiger partial charge < -0.3 is 10.3 Å². The lowest BCUT2D eigenvalue weighted by Crippen LogP contribution is -2.08. The number of nitrogen functional groups attached to an aromatic ring is 1. The van der Waals surface area contributed by atoms with Crippen molar-refractivity contribution in [2.45, 2.75) is 26.8 Å². The molecule has 3 aromatic rings. The van der Waals surface area contributed by atoms with Gasteiger partial charge in [0.05, 0.1) is 29.2 Å². The van der Waals surface area contributed by atoms with Crippen LogP contribution in [-0.4, -0.2) is 30.0 Å². The molecule has 0 aliphatic carbocycles. The molecule has 0 aliphatic heterocycles. The Morgan fingerprint density at radius 1 is 1.29 bits per heavy atom. The molecule has 0 bridgehead atoms. The minimum Gasteiger partial charge on any atom is -0.396 e. The number of hydrogen-bond donors (Lipinski definition) is 1. The van der Waals surface area contributed by atoms with Crippen molar-refractivity contribution in [3.05, 3.63) is 52.2 Å². The average Bonchev–Trinajstić information content (AvgIpc) is 2.87. The molecule has 3 rings (SSSR count). The Hall–Kier alpha value is -2.56. The van der Waals surface area contributed by atoms with E-state index in [0.29, 0.717) is 34.9 Å². The number of sulfone groups is 1. The summed E-state index contributed by atoms with van der Waals surface area (Å²) >= 11 is 6.46. The monoisotopic (exact) mass is 416 g/mol. The fraction of sp³-hybridized carbons (Fsp3) is 0.300. The number of nitrogens with zero attached hydrogens (tertiary/aromatic N) is 3. The Morgan fingerprint density at radius 3 is 2.64 bits per heavy atom. The summed E-state index contributed by atoms with van der Waals surface area (Å²) in [6.07, 6.45) is 4.90. The first-order valence-corrected chi connectivity index (χ1v) is 11.2. The molecule has 0 atom stereocenters. The molecule has 0 radical (unpaired) electrons. The van der Waals surface area contributed by atoms with Gasteiger partial charge in [-0.25, -0.2) is 13.3 Å². The van der Waals surface area contributed by atoms with Gasteiger partial charge in [-0.15, -0.1) is 0 Å². The van der Waals surface area contributed by atoms with Crippen molar-refractivity contribution in [2.24, 2.45) is 0 Å². The number of anilines is 1. The first kappa shape index (κ1) is 20.2. The second-order valence-electron chi connectivity index (χ2n) is 6.95. The summed E-state index contributed by atoms with van der Waals surface area (Å²) in [7, 11) is -3.04. The van der Waals surface area contributed by atoms with Crippen LogP contribution in [0.4, 0.5) is 11.4 Å². The lowest BCUT2D eigenvalue weighted by atomic mass is 10.0. The molecule has 0 unspecified atom stereocenters. The van der Waals surface area contributed by atoms with Gasteiger partial charge in [0.25, 0.3) is 0 Å². The van der Waals surface area contributed by atoms with Crippen molar-refractivity contribution in [1.82, 2.24) is 9.55 Å². The first-order valence-electron chi connectivity index (χ1n) is 8.72. The fourth-order valence-electron chi connectivity index (χ4n) is 3.48. The minimum absolute atomic E-state index is 0.112. The highest BCUT2D eigenvalue weighted by atomic mass is 35.5.